The second-order valence-electron chi connectivity index (χ2n) is 2.83. The lowest BCUT2D eigenvalue weighted by Gasteiger charge is -2.15. The summed E-state index contributed by atoms with van der Waals surface area (Å²) in [6, 6.07) is 0. The summed E-state index contributed by atoms with van der Waals surface area (Å²) in [5.74, 6) is 0. The van der Waals surface area contributed by atoms with Crippen molar-refractivity contribution in [3.63, 3.8) is 0 Å². The molecular formula is C7H13N3. The Labute approximate surface area is 61.4 Å². The van der Waals surface area contributed by atoms with Crippen LogP contribution in [0.15, 0.2) is 17.8 Å². The molecule has 0 N–H and O–H groups in total. The maximum Gasteiger partial charge on any atom is 0.0435 e. The van der Waals surface area contributed by atoms with Gasteiger partial charge in [0.15, 0.2) is 0 Å². The van der Waals surface area contributed by atoms with Crippen molar-refractivity contribution in [2.75, 3.05) is 0 Å². The molecule has 0 radical (unpaired) electrons. The first-order chi connectivity index (χ1) is 4.62. The average molecular weight is 139 g/mol. The highest BCUT2D eigenvalue weighted by atomic mass is 15.2. The molecule has 0 aromatic heterocycles. The van der Waals surface area contributed by atoms with E-state index in [1.54, 1.807) is 0 Å². The van der Waals surface area contributed by atoms with E-state index in [-0.39, 0.29) is 5.54 Å². The molecule has 0 aromatic carbocycles. The van der Waals surface area contributed by atoms with Crippen LogP contribution in [-0.2, 0) is 0 Å². The van der Waals surface area contributed by atoms with E-state index in [2.05, 4.69) is 16.6 Å². The molecule has 56 valence electrons. The number of nitrogens with zero attached hydrogens (tertiary/aromatic N) is 3. The molecule has 0 heterocycles. The van der Waals surface area contributed by atoms with E-state index in [0.717, 1.165) is 12.8 Å². The van der Waals surface area contributed by atoms with Gasteiger partial charge in [-0.15, -0.1) is 6.58 Å². The number of hydrogen-bond donors (Lipinski definition) is 0. The fourth-order valence-corrected chi connectivity index (χ4v) is 0.626. The molecule has 0 saturated carbocycles. The third-order valence-electron chi connectivity index (χ3n) is 1.28. The Morgan fingerprint density at radius 3 is 2.70 bits per heavy atom. The smallest absolute Gasteiger partial charge is 0.0435 e. The van der Waals surface area contributed by atoms with Crippen LogP contribution in [0.3, 0.4) is 0 Å². The summed E-state index contributed by atoms with van der Waals surface area (Å²) in [4.78, 5) is 2.75. The quantitative estimate of drug-likeness (QED) is 0.249. The molecule has 0 fully saturated rings. The molecule has 0 aromatic rings. The molecule has 0 spiro atoms. The Hall–Kier alpha value is -0.950. The van der Waals surface area contributed by atoms with E-state index in [9.17, 15) is 0 Å². The van der Waals surface area contributed by atoms with Crippen molar-refractivity contribution in [1.29, 1.82) is 0 Å². The molecule has 0 amide bonds. The second-order valence-corrected chi connectivity index (χ2v) is 2.83. The molecule has 0 saturated heterocycles. The summed E-state index contributed by atoms with van der Waals surface area (Å²) in [5.41, 5.74) is 7.87. The fraction of sp³-hybridized carbons (Fsp3) is 0.714. The zero-order chi connectivity index (χ0) is 8.04. The van der Waals surface area contributed by atoms with Gasteiger partial charge in [0.1, 0.15) is 0 Å². The van der Waals surface area contributed by atoms with Crippen LogP contribution in [0.1, 0.15) is 26.7 Å². The van der Waals surface area contributed by atoms with Gasteiger partial charge in [-0.25, -0.2) is 0 Å². The van der Waals surface area contributed by atoms with E-state index in [1.165, 1.54) is 0 Å². The van der Waals surface area contributed by atoms with Crippen molar-refractivity contribution in [3.05, 3.63) is 23.1 Å². The van der Waals surface area contributed by atoms with Crippen molar-refractivity contribution in [1.82, 2.24) is 0 Å². The van der Waals surface area contributed by atoms with E-state index >= 15 is 0 Å². The standard InChI is InChI=1S/C7H13N3/c1-4-5-6-7(2,3)9-10-8/h4H,1,5-6H2,2-3H3. The molecule has 0 atom stereocenters. The normalized spacial score (nSPS) is 10.2. The van der Waals surface area contributed by atoms with Crippen molar-refractivity contribution in [2.45, 2.75) is 32.2 Å². The molecule has 0 rings (SSSR count). The van der Waals surface area contributed by atoms with E-state index in [1.807, 2.05) is 19.9 Å². The molecule has 10 heavy (non-hydrogen) atoms. The largest absolute Gasteiger partial charge is 0.103 e. The highest BCUT2D eigenvalue weighted by Gasteiger charge is 2.12. The molecule has 0 aliphatic rings. The molecule has 3 nitrogen and oxygen atoms in total. The van der Waals surface area contributed by atoms with Gasteiger partial charge in [0.2, 0.25) is 0 Å². The van der Waals surface area contributed by atoms with Gasteiger partial charge in [0.05, 0.1) is 0 Å². The summed E-state index contributed by atoms with van der Waals surface area (Å²) >= 11 is 0. The zero-order valence-corrected chi connectivity index (χ0v) is 6.54. The van der Waals surface area contributed by atoms with Crippen molar-refractivity contribution in [2.24, 2.45) is 5.11 Å². The van der Waals surface area contributed by atoms with Crippen molar-refractivity contribution >= 4 is 0 Å². The molecule has 0 bridgehead atoms. The van der Waals surface area contributed by atoms with E-state index < -0.39 is 0 Å². The average Bonchev–Trinajstić information content (AvgIpc) is 1.84. The minimum atomic E-state index is -0.261. The van der Waals surface area contributed by atoms with E-state index in [0.29, 0.717) is 0 Å². The maximum absolute atomic E-state index is 8.13. The van der Waals surface area contributed by atoms with Gasteiger partial charge in [-0.3, -0.25) is 0 Å². The SMILES string of the molecule is C=CCCC(C)(C)N=[N+]=[N-]. The lowest BCUT2D eigenvalue weighted by molar-refractivity contribution is 0.479. The van der Waals surface area contributed by atoms with Crippen LogP contribution in [0.5, 0.6) is 0 Å². The molecule has 0 unspecified atom stereocenters. The first-order valence-corrected chi connectivity index (χ1v) is 3.29. The van der Waals surface area contributed by atoms with Crippen LogP contribution < -0.4 is 0 Å². The Bertz CT molecular complexity index is 154. The van der Waals surface area contributed by atoms with Crippen LogP contribution >= 0.6 is 0 Å². The van der Waals surface area contributed by atoms with Crippen molar-refractivity contribution in [3.8, 4) is 0 Å². The number of rotatable bonds is 4. The maximum atomic E-state index is 8.13. The lowest BCUT2D eigenvalue weighted by Crippen LogP contribution is -2.14. The topological polar surface area (TPSA) is 48.8 Å². The first-order valence-electron chi connectivity index (χ1n) is 3.29. The second kappa shape index (κ2) is 3.96. The van der Waals surface area contributed by atoms with Gasteiger partial charge >= 0.3 is 0 Å². The minimum Gasteiger partial charge on any atom is -0.103 e. The summed E-state index contributed by atoms with van der Waals surface area (Å²) in [5, 5.41) is 3.63. The predicted molar refractivity (Wildman–Crippen MR) is 42.7 cm³/mol. The third-order valence-corrected chi connectivity index (χ3v) is 1.28. The van der Waals surface area contributed by atoms with Gasteiger partial charge in [-0.2, -0.15) is 0 Å². The Kier molecular flexibility index (Phi) is 3.59. The Morgan fingerprint density at radius 1 is 1.70 bits per heavy atom. The fourth-order valence-electron chi connectivity index (χ4n) is 0.626. The highest BCUT2D eigenvalue weighted by Crippen LogP contribution is 2.16. The summed E-state index contributed by atoms with van der Waals surface area (Å²) < 4.78 is 0. The molecule has 0 aliphatic carbocycles. The van der Waals surface area contributed by atoms with E-state index in [4.69, 9.17) is 5.53 Å². The predicted octanol–water partition coefficient (Wildman–Crippen LogP) is 3.04. The number of hydrogen-bond acceptors (Lipinski definition) is 1. The van der Waals surface area contributed by atoms with Crippen LogP contribution in [0, 0.1) is 0 Å². The summed E-state index contributed by atoms with van der Waals surface area (Å²) in [6.07, 6.45) is 3.58. The lowest BCUT2D eigenvalue weighted by atomic mass is 10.0. The van der Waals surface area contributed by atoms with Crippen molar-refractivity contribution < 1.29 is 0 Å². The first kappa shape index (κ1) is 9.05. The summed E-state index contributed by atoms with van der Waals surface area (Å²) in [6.45, 7) is 7.41. The Morgan fingerprint density at radius 2 is 2.30 bits per heavy atom. The van der Waals surface area contributed by atoms with Gasteiger partial charge in [0, 0.05) is 10.5 Å². The van der Waals surface area contributed by atoms with Crippen LogP contribution in [-0.4, -0.2) is 5.54 Å². The van der Waals surface area contributed by atoms with Crippen LogP contribution in [0.2, 0.25) is 0 Å². The van der Waals surface area contributed by atoms with Gasteiger partial charge < -0.3 is 0 Å². The molecule has 3 heteroatoms. The summed E-state index contributed by atoms with van der Waals surface area (Å²) in [7, 11) is 0. The molecular weight excluding hydrogens is 126 g/mol. The highest BCUT2D eigenvalue weighted by molar-refractivity contribution is 4.81. The molecule has 0 aliphatic heterocycles. The zero-order valence-electron chi connectivity index (χ0n) is 6.54. The number of azide groups is 1. The van der Waals surface area contributed by atoms with Gasteiger partial charge in [-0.1, -0.05) is 25.0 Å². The van der Waals surface area contributed by atoms with Gasteiger partial charge in [0.25, 0.3) is 0 Å². The van der Waals surface area contributed by atoms with Crippen LogP contribution in [0.25, 0.3) is 10.4 Å². The third kappa shape index (κ3) is 3.98. The van der Waals surface area contributed by atoms with Crippen LogP contribution in [0.4, 0.5) is 0 Å². The number of allylic oxidation sites excluding steroid dienone is 1. The van der Waals surface area contributed by atoms with Gasteiger partial charge in [-0.05, 0) is 18.4 Å². The monoisotopic (exact) mass is 139 g/mol. The minimum absolute atomic E-state index is 0.261. The Balaban J connectivity index is 3.85.